The summed E-state index contributed by atoms with van der Waals surface area (Å²) in [6.45, 7) is 6.50. The molecule has 8 nitrogen and oxygen atoms in total. The van der Waals surface area contributed by atoms with Gasteiger partial charge in [-0.3, -0.25) is 14.3 Å². The van der Waals surface area contributed by atoms with Crippen molar-refractivity contribution in [3.05, 3.63) is 72.7 Å². The van der Waals surface area contributed by atoms with Gasteiger partial charge in [0.1, 0.15) is 5.82 Å². The van der Waals surface area contributed by atoms with Gasteiger partial charge in [-0.2, -0.15) is 5.10 Å². The average molecular weight is 448 g/mol. The first-order chi connectivity index (χ1) is 15.5. The summed E-state index contributed by atoms with van der Waals surface area (Å²) in [4.78, 5) is 17.1. The molecule has 0 aliphatic heterocycles. The molecule has 164 valence electrons. The van der Waals surface area contributed by atoms with Gasteiger partial charge in [0.15, 0.2) is 11.0 Å². The first-order valence-electron chi connectivity index (χ1n) is 10.4. The SMILES string of the molecule is CC(Sc1nnc(-c2cccnc2)n1Cc1ccccc1)C(=O)Nc1ccnn1C(C)C. The predicted molar refractivity (Wildman–Crippen MR) is 125 cm³/mol. The topological polar surface area (TPSA) is 90.5 Å². The highest BCUT2D eigenvalue weighted by Crippen LogP contribution is 2.28. The van der Waals surface area contributed by atoms with Crippen LogP contribution in [-0.2, 0) is 11.3 Å². The molecule has 1 atom stereocenters. The number of nitrogens with one attached hydrogen (secondary N) is 1. The second kappa shape index (κ2) is 9.78. The fourth-order valence-corrected chi connectivity index (χ4v) is 4.11. The molecule has 3 aromatic heterocycles. The lowest BCUT2D eigenvalue weighted by Crippen LogP contribution is -2.25. The number of benzene rings is 1. The minimum Gasteiger partial charge on any atom is -0.310 e. The summed E-state index contributed by atoms with van der Waals surface area (Å²) in [5.41, 5.74) is 2.00. The highest BCUT2D eigenvalue weighted by atomic mass is 32.2. The number of aromatic nitrogens is 6. The molecule has 0 aliphatic carbocycles. The fourth-order valence-electron chi connectivity index (χ4n) is 3.26. The second-order valence-electron chi connectivity index (χ2n) is 7.62. The second-order valence-corrected chi connectivity index (χ2v) is 8.93. The van der Waals surface area contributed by atoms with Crippen LogP contribution in [0.3, 0.4) is 0 Å². The zero-order chi connectivity index (χ0) is 22.5. The van der Waals surface area contributed by atoms with Crippen LogP contribution in [-0.4, -0.2) is 40.7 Å². The number of thioether (sulfide) groups is 1. The lowest BCUT2D eigenvalue weighted by molar-refractivity contribution is -0.115. The predicted octanol–water partition coefficient (Wildman–Crippen LogP) is 4.29. The van der Waals surface area contributed by atoms with E-state index in [4.69, 9.17) is 0 Å². The van der Waals surface area contributed by atoms with E-state index in [-0.39, 0.29) is 17.2 Å². The lowest BCUT2D eigenvalue weighted by Gasteiger charge is -2.15. The Morgan fingerprint density at radius 2 is 1.84 bits per heavy atom. The Kier molecular flexibility index (Phi) is 6.65. The maximum absolute atomic E-state index is 12.9. The van der Waals surface area contributed by atoms with E-state index < -0.39 is 0 Å². The van der Waals surface area contributed by atoms with E-state index in [0.29, 0.717) is 17.5 Å². The number of pyridine rings is 1. The first-order valence-corrected chi connectivity index (χ1v) is 11.3. The molecule has 0 bridgehead atoms. The van der Waals surface area contributed by atoms with Crippen LogP contribution in [0.2, 0.25) is 0 Å². The summed E-state index contributed by atoms with van der Waals surface area (Å²) in [5, 5.41) is 16.4. The molecule has 32 heavy (non-hydrogen) atoms. The zero-order valence-electron chi connectivity index (χ0n) is 18.2. The monoisotopic (exact) mass is 447 g/mol. The summed E-state index contributed by atoms with van der Waals surface area (Å²) >= 11 is 1.38. The smallest absolute Gasteiger partial charge is 0.238 e. The van der Waals surface area contributed by atoms with E-state index in [0.717, 1.165) is 17.0 Å². The molecule has 9 heteroatoms. The van der Waals surface area contributed by atoms with Crippen molar-refractivity contribution in [3.8, 4) is 11.4 Å². The molecule has 3 heterocycles. The van der Waals surface area contributed by atoms with Gasteiger partial charge in [-0.25, -0.2) is 4.68 Å². The molecule has 0 saturated carbocycles. The third-order valence-corrected chi connectivity index (χ3v) is 5.96. The number of amides is 1. The summed E-state index contributed by atoms with van der Waals surface area (Å²) in [7, 11) is 0. The number of rotatable bonds is 8. The van der Waals surface area contributed by atoms with Gasteiger partial charge < -0.3 is 5.32 Å². The molecule has 1 aromatic carbocycles. The largest absolute Gasteiger partial charge is 0.310 e. The van der Waals surface area contributed by atoms with Crippen molar-refractivity contribution >= 4 is 23.5 Å². The molecular weight excluding hydrogens is 422 g/mol. The van der Waals surface area contributed by atoms with E-state index in [1.54, 1.807) is 29.3 Å². The molecule has 4 aromatic rings. The van der Waals surface area contributed by atoms with Crippen LogP contribution in [0.15, 0.2) is 72.3 Å². The van der Waals surface area contributed by atoms with Crippen molar-refractivity contribution in [2.45, 2.75) is 43.8 Å². The molecule has 1 amide bonds. The van der Waals surface area contributed by atoms with Gasteiger partial charge in [0.25, 0.3) is 0 Å². The molecule has 0 aliphatic rings. The number of nitrogens with zero attached hydrogens (tertiary/aromatic N) is 6. The van der Waals surface area contributed by atoms with Crippen LogP contribution in [0, 0.1) is 0 Å². The van der Waals surface area contributed by atoms with Gasteiger partial charge in [0.2, 0.25) is 5.91 Å². The molecule has 0 spiro atoms. The van der Waals surface area contributed by atoms with Gasteiger partial charge in [-0.15, -0.1) is 10.2 Å². The molecule has 1 unspecified atom stereocenters. The van der Waals surface area contributed by atoms with Crippen molar-refractivity contribution in [1.29, 1.82) is 0 Å². The molecule has 0 fully saturated rings. The van der Waals surface area contributed by atoms with Crippen LogP contribution in [0.4, 0.5) is 5.82 Å². The summed E-state index contributed by atoms with van der Waals surface area (Å²) in [5.74, 6) is 1.28. The quantitative estimate of drug-likeness (QED) is 0.405. The summed E-state index contributed by atoms with van der Waals surface area (Å²) < 4.78 is 3.81. The van der Waals surface area contributed by atoms with E-state index in [9.17, 15) is 4.79 Å². The summed E-state index contributed by atoms with van der Waals surface area (Å²) in [6.07, 6.45) is 5.18. The Hall–Kier alpha value is -3.46. The molecule has 0 saturated heterocycles. The van der Waals surface area contributed by atoms with E-state index in [2.05, 4.69) is 37.7 Å². The maximum Gasteiger partial charge on any atom is 0.238 e. The van der Waals surface area contributed by atoms with Crippen LogP contribution < -0.4 is 5.32 Å². The Morgan fingerprint density at radius 3 is 2.56 bits per heavy atom. The average Bonchev–Trinajstić information content (AvgIpc) is 3.42. The lowest BCUT2D eigenvalue weighted by atomic mass is 10.2. The van der Waals surface area contributed by atoms with Gasteiger partial charge in [0, 0.05) is 30.1 Å². The minimum absolute atomic E-state index is 0.116. The Labute approximate surface area is 191 Å². The van der Waals surface area contributed by atoms with Crippen molar-refractivity contribution in [3.63, 3.8) is 0 Å². The van der Waals surface area contributed by atoms with Crippen molar-refractivity contribution < 1.29 is 4.79 Å². The number of anilines is 1. The Balaban J connectivity index is 1.58. The highest BCUT2D eigenvalue weighted by Gasteiger charge is 2.22. The fraction of sp³-hybridized carbons (Fsp3) is 0.261. The van der Waals surface area contributed by atoms with E-state index in [1.807, 2.05) is 55.7 Å². The van der Waals surface area contributed by atoms with Crippen molar-refractivity contribution in [1.82, 2.24) is 29.5 Å². The standard InChI is InChI=1S/C23H25N7OS/c1-16(2)30-20(11-13-25-30)26-22(31)17(3)32-23-28-27-21(19-10-7-12-24-14-19)29(23)15-18-8-5-4-6-9-18/h4-14,16-17H,15H2,1-3H3,(H,26,31). The Bertz CT molecular complexity index is 1170. The molecule has 4 rings (SSSR count). The van der Waals surface area contributed by atoms with Gasteiger partial charge in [0.05, 0.1) is 18.0 Å². The number of hydrogen-bond acceptors (Lipinski definition) is 6. The number of carbonyl (C=O) groups is 1. The highest BCUT2D eigenvalue weighted by molar-refractivity contribution is 8.00. The van der Waals surface area contributed by atoms with E-state index in [1.165, 1.54) is 11.8 Å². The van der Waals surface area contributed by atoms with Crippen LogP contribution in [0.1, 0.15) is 32.4 Å². The third-order valence-electron chi connectivity index (χ3n) is 4.88. The Morgan fingerprint density at radius 1 is 1.03 bits per heavy atom. The number of carbonyl (C=O) groups excluding carboxylic acids is 1. The van der Waals surface area contributed by atoms with Gasteiger partial charge in [-0.05, 0) is 38.5 Å². The molecule has 1 N–H and O–H groups in total. The van der Waals surface area contributed by atoms with Crippen molar-refractivity contribution in [2.24, 2.45) is 0 Å². The number of hydrogen-bond donors (Lipinski definition) is 1. The minimum atomic E-state index is -0.383. The normalized spacial score (nSPS) is 12.1. The summed E-state index contributed by atoms with van der Waals surface area (Å²) in [6, 6.07) is 15.9. The maximum atomic E-state index is 12.9. The van der Waals surface area contributed by atoms with E-state index >= 15 is 0 Å². The van der Waals surface area contributed by atoms with Gasteiger partial charge in [-0.1, -0.05) is 42.1 Å². The molecular formula is C23H25N7OS. The van der Waals surface area contributed by atoms with Crippen molar-refractivity contribution in [2.75, 3.05) is 5.32 Å². The van der Waals surface area contributed by atoms with Crippen LogP contribution in [0.5, 0.6) is 0 Å². The van der Waals surface area contributed by atoms with Crippen LogP contribution >= 0.6 is 11.8 Å². The van der Waals surface area contributed by atoms with Crippen LogP contribution in [0.25, 0.3) is 11.4 Å². The first kappa shape index (κ1) is 21.8. The zero-order valence-corrected chi connectivity index (χ0v) is 19.0. The van der Waals surface area contributed by atoms with Gasteiger partial charge >= 0.3 is 0 Å². The molecule has 0 radical (unpaired) electrons. The third kappa shape index (κ3) is 4.88.